The number of ether oxygens (including phenoxy) is 1. The SMILES string of the molecule is B[C@@H]1O[C@@H]2CO[Si](C(C)C)(C(C)C)O[Si](C(C)C)(C(C)C)O[C@H]2[C@@]1(C)N=[N+]=[N-]. The first-order chi connectivity index (χ1) is 12.9. The molecular formula is C18H38BN3O4Si2. The summed E-state index contributed by atoms with van der Waals surface area (Å²) in [5, 5.41) is 4.14. The zero-order chi connectivity index (χ0) is 21.5. The van der Waals surface area contributed by atoms with Crippen molar-refractivity contribution < 1.29 is 17.7 Å². The summed E-state index contributed by atoms with van der Waals surface area (Å²) in [6, 6.07) is -0.250. The highest BCUT2D eigenvalue weighted by molar-refractivity contribution is 6.84. The zero-order valence-electron chi connectivity index (χ0n) is 19.2. The number of nitrogens with zero attached hydrogens (tertiary/aromatic N) is 3. The van der Waals surface area contributed by atoms with E-state index >= 15 is 0 Å². The zero-order valence-corrected chi connectivity index (χ0v) is 21.2. The molecule has 2 aliphatic rings. The number of hydrogen-bond donors (Lipinski definition) is 0. The van der Waals surface area contributed by atoms with Crippen molar-refractivity contribution in [3.63, 3.8) is 0 Å². The molecule has 10 heteroatoms. The van der Waals surface area contributed by atoms with Gasteiger partial charge in [-0.2, -0.15) is 0 Å². The van der Waals surface area contributed by atoms with Gasteiger partial charge in [0.25, 0.3) is 0 Å². The second-order valence-corrected chi connectivity index (χ2v) is 18.6. The first-order valence-corrected chi connectivity index (χ1v) is 14.5. The van der Waals surface area contributed by atoms with Crippen molar-refractivity contribution >= 4 is 25.0 Å². The maximum Gasteiger partial charge on any atom is 0.335 e. The molecule has 0 aromatic rings. The number of hydrogen-bond acceptors (Lipinski definition) is 5. The average Bonchev–Trinajstić information content (AvgIpc) is 2.78. The molecule has 0 radical (unpaired) electrons. The first-order valence-electron chi connectivity index (χ1n) is 10.6. The second kappa shape index (κ2) is 8.41. The van der Waals surface area contributed by atoms with Gasteiger partial charge in [-0.3, -0.25) is 0 Å². The molecule has 2 saturated heterocycles. The van der Waals surface area contributed by atoms with Crippen LogP contribution in [0.4, 0.5) is 0 Å². The van der Waals surface area contributed by atoms with Gasteiger partial charge < -0.3 is 17.7 Å². The molecule has 0 spiro atoms. The van der Waals surface area contributed by atoms with Crippen LogP contribution in [0, 0.1) is 0 Å². The highest BCUT2D eigenvalue weighted by atomic mass is 28.5. The van der Waals surface area contributed by atoms with Crippen molar-refractivity contribution in [1.82, 2.24) is 0 Å². The van der Waals surface area contributed by atoms with E-state index in [0.717, 1.165) is 0 Å². The Bertz CT molecular complexity index is 600. The van der Waals surface area contributed by atoms with Crippen LogP contribution in [0.1, 0.15) is 62.3 Å². The van der Waals surface area contributed by atoms with Crippen LogP contribution in [0.15, 0.2) is 5.11 Å². The smallest absolute Gasteiger partial charge is 0.335 e. The molecule has 2 aliphatic heterocycles. The van der Waals surface area contributed by atoms with E-state index in [4.69, 9.17) is 17.7 Å². The minimum atomic E-state index is -2.74. The highest BCUT2D eigenvalue weighted by Crippen LogP contribution is 2.49. The molecule has 28 heavy (non-hydrogen) atoms. The van der Waals surface area contributed by atoms with E-state index < -0.39 is 22.7 Å². The van der Waals surface area contributed by atoms with Crippen LogP contribution in [0.5, 0.6) is 0 Å². The summed E-state index contributed by atoms with van der Waals surface area (Å²) in [5.41, 5.74) is 9.46. The van der Waals surface area contributed by atoms with E-state index in [2.05, 4.69) is 65.4 Å². The van der Waals surface area contributed by atoms with Crippen molar-refractivity contribution in [2.24, 2.45) is 5.11 Å². The number of azide groups is 1. The Balaban J connectivity index is 2.64. The molecule has 0 aromatic heterocycles. The molecule has 0 bridgehead atoms. The number of fused-ring (bicyclic) bond motifs is 1. The largest absolute Gasteiger partial charge is 0.414 e. The van der Waals surface area contributed by atoms with E-state index in [-0.39, 0.29) is 29.3 Å². The molecule has 0 aliphatic carbocycles. The fourth-order valence-corrected chi connectivity index (χ4v) is 16.0. The third-order valence-corrected chi connectivity index (χ3v) is 16.9. The van der Waals surface area contributed by atoms with Crippen molar-refractivity contribution in [2.75, 3.05) is 6.61 Å². The predicted molar refractivity (Wildman–Crippen MR) is 119 cm³/mol. The number of rotatable bonds is 5. The molecule has 2 rings (SSSR count). The third-order valence-electron chi connectivity index (χ3n) is 6.70. The van der Waals surface area contributed by atoms with Crippen LogP contribution in [-0.2, 0) is 17.7 Å². The lowest BCUT2D eigenvalue weighted by Crippen LogP contribution is -2.66. The molecule has 2 heterocycles. The minimum absolute atomic E-state index is 0.227. The third kappa shape index (κ3) is 3.73. The maximum atomic E-state index is 9.21. The molecular weight excluding hydrogens is 389 g/mol. The Morgan fingerprint density at radius 1 is 1.00 bits per heavy atom. The summed E-state index contributed by atoms with van der Waals surface area (Å²) in [7, 11) is -3.36. The fourth-order valence-electron chi connectivity index (χ4n) is 4.76. The van der Waals surface area contributed by atoms with Crippen molar-refractivity contribution in [3.05, 3.63) is 10.4 Å². The summed E-state index contributed by atoms with van der Waals surface area (Å²) in [4.78, 5) is 3.11. The lowest BCUT2D eigenvalue weighted by Gasteiger charge is -2.52. The summed E-state index contributed by atoms with van der Waals surface area (Å²) in [6.45, 7) is 19.9. The van der Waals surface area contributed by atoms with Crippen LogP contribution in [0.3, 0.4) is 0 Å². The molecule has 2 fully saturated rings. The Labute approximate surface area is 173 Å². The van der Waals surface area contributed by atoms with Gasteiger partial charge in [-0.1, -0.05) is 60.5 Å². The van der Waals surface area contributed by atoms with Gasteiger partial charge in [-0.05, 0) is 34.6 Å². The predicted octanol–water partition coefficient (Wildman–Crippen LogP) is 4.37. The second-order valence-electron chi connectivity index (χ2n) is 9.75. The van der Waals surface area contributed by atoms with Gasteiger partial charge in [0, 0.05) is 10.9 Å². The van der Waals surface area contributed by atoms with E-state index in [1.165, 1.54) is 0 Å². The molecule has 0 saturated carbocycles. The average molecular weight is 428 g/mol. The van der Waals surface area contributed by atoms with Crippen LogP contribution in [0.2, 0.25) is 22.2 Å². The van der Waals surface area contributed by atoms with Gasteiger partial charge in [0.1, 0.15) is 14.0 Å². The Hall–Kier alpha value is -0.351. The molecule has 0 amide bonds. The summed E-state index contributed by atoms with van der Waals surface area (Å²) in [5.74, 6) is 0. The summed E-state index contributed by atoms with van der Waals surface area (Å²) < 4.78 is 27.1. The standard InChI is InChI=1S/C18H38BN3O4Si2/c1-11(2)27(12(3)4)23-10-15-16(18(9,21-22-20)17(19)24-15)25-28(26-27,13(5)6)14(7)8/h11-17H,10,19H2,1-9H3/t15-,16-,17-,18-/m1/s1. The van der Waals surface area contributed by atoms with Crippen LogP contribution in [0.25, 0.3) is 10.4 Å². The summed E-state index contributed by atoms with van der Waals surface area (Å²) >= 11 is 0. The molecule has 7 nitrogen and oxygen atoms in total. The van der Waals surface area contributed by atoms with Crippen LogP contribution in [-0.4, -0.2) is 55.3 Å². The monoisotopic (exact) mass is 427 g/mol. The molecule has 0 unspecified atom stereocenters. The van der Waals surface area contributed by atoms with Gasteiger partial charge in [-0.25, -0.2) is 0 Å². The van der Waals surface area contributed by atoms with E-state index in [1.54, 1.807) is 0 Å². The highest BCUT2D eigenvalue weighted by Gasteiger charge is 2.63. The quantitative estimate of drug-likeness (QED) is 0.282. The summed E-state index contributed by atoms with van der Waals surface area (Å²) in [6.07, 6.45) is -0.635. The normalized spacial score (nSPS) is 35.0. The maximum absolute atomic E-state index is 9.21. The van der Waals surface area contributed by atoms with Gasteiger partial charge in [0.05, 0.1) is 18.2 Å². The van der Waals surface area contributed by atoms with Crippen molar-refractivity contribution in [1.29, 1.82) is 0 Å². The molecule has 0 aromatic carbocycles. The Kier molecular flexibility index (Phi) is 7.19. The Morgan fingerprint density at radius 2 is 1.50 bits per heavy atom. The van der Waals surface area contributed by atoms with Gasteiger partial charge in [-0.15, -0.1) is 0 Å². The van der Waals surface area contributed by atoms with Gasteiger partial charge in [0.2, 0.25) is 0 Å². The van der Waals surface area contributed by atoms with Crippen molar-refractivity contribution in [3.8, 4) is 0 Å². The van der Waals surface area contributed by atoms with E-state index in [0.29, 0.717) is 17.7 Å². The van der Waals surface area contributed by atoms with E-state index in [1.807, 2.05) is 14.8 Å². The van der Waals surface area contributed by atoms with Crippen molar-refractivity contribution in [2.45, 2.75) is 108 Å². The molecule has 0 N–H and O–H groups in total. The topological polar surface area (TPSA) is 85.7 Å². The lowest BCUT2D eigenvalue weighted by atomic mass is 9.79. The molecule has 160 valence electrons. The minimum Gasteiger partial charge on any atom is -0.414 e. The van der Waals surface area contributed by atoms with Crippen LogP contribution >= 0.6 is 0 Å². The van der Waals surface area contributed by atoms with Gasteiger partial charge in [0.15, 0.2) is 0 Å². The van der Waals surface area contributed by atoms with Gasteiger partial charge >= 0.3 is 17.1 Å². The Morgan fingerprint density at radius 3 is 1.93 bits per heavy atom. The van der Waals surface area contributed by atoms with Crippen LogP contribution < -0.4 is 0 Å². The molecule has 4 atom stereocenters. The lowest BCUT2D eigenvalue weighted by molar-refractivity contribution is -0.0275. The fraction of sp³-hybridized carbons (Fsp3) is 1.00. The van der Waals surface area contributed by atoms with E-state index in [9.17, 15) is 5.53 Å². The first kappa shape index (κ1) is 23.9.